The van der Waals surface area contributed by atoms with Crippen LogP contribution in [0.2, 0.25) is 0 Å². The maximum absolute atomic E-state index is 13.0. The molecule has 2 heterocycles. The summed E-state index contributed by atoms with van der Waals surface area (Å²) in [5.41, 5.74) is 2.84. The van der Waals surface area contributed by atoms with Crippen molar-refractivity contribution < 1.29 is 18.7 Å². The number of nitrogens with one attached hydrogen (secondary N) is 1. The molecule has 7 heteroatoms. The third-order valence-electron chi connectivity index (χ3n) is 5.88. The van der Waals surface area contributed by atoms with Gasteiger partial charge in [0.1, 0.15) is 5.52 Å². The quantitative estimate of drug-likeness (QED) is 0.543. The van der Waals surface area contributed by atoms with Crippen molar-refractivity contribution in [3.63, 3.8) is 0 Å². The van der Waals surface area contributed by atoms with E-state index in [1.165, 1.54) is 0 Å². The zero-order valence-electron chi connectivity index (χ0n) is 18.4. The number of piperidine rings is 1. The molecule has 1 aliphatic rings. The van der Waals surface area contributed by atoms with E-state index in [-0.39, 0.29) is 11.8 Å². The van der Waals surface area contributed by atoms with Gasteiger partial charge in [-0.15, -0.1) is 0 Å². The van der Waals surface area contributed by atoms with Crippen LogP contribution in [0.15, 0.2) is 52.9 Å². The number of likely N-dealkylation sites (tertiary alicyclic amines) is 1. The lowest BCUT2D eigenvalue weighted by atomic mass is 9.93. The minimum atomic E-state index is -0.00738. The fourth-order valence-electron chi connectivity index (χ4n) is 4.06. The average molecular weight is 436 g/mol. The number of aromatic nitrogens is 1. The Labute approximate surface area is 187 Å². The maximum Gasteiger partial charge on any atom is 0.253 e. The van der Waals surface area contributed by atoms with Crippen LogP contribution in [0.3, 0.4) is 0 Å². The SMILES string of the molecule is COCCCNC(=O)CC1CCN(C(=O)c2ccc3nc(-c4ccccc4)oc3c2)CC1. The first-order valence-electron chi connectivity index (χ1n) is 11.1. The van der Waals surface area contributed by atoms with E-state index in [9.17, 15) is 9.59 Å². The van der Waals surface area contributed by atoms with Gasteiger partial charge in [-0.25, -0.2) is 4.98 Å². The summed E-state index contributed by atoms with van der Waals surface area (Å²) in [6.07, 6.45) is 3.00. The van der Waals surface area contributed by atoms with Crippen LogP contribution in [0.1, 0.15) is 36.0 Å². The van der Waals surface area contributed by atoms with Gasteiger partial charge in [0.05, 0.1) is 0 Å². The highest BCUT2D eigenvalue weighted by Gasteiger charge is 2.25. The number of hydrogen-bond acceptors (Lipinski definition) is 5. The first-order chi connectivity index (χ1) is 15.6. The minimum absolute atomic E-state index is 0.00738. The Morgan fingerprint density at radius 2 is 1.94 bits per heavy atom. The molecule has 1 aliphatic heterocycles. The Morgan fingerprint density at radius 1 is 1.16 bits per heavy atom. The van der Waals surface area contributed by atoms with E-state index in [0.717, 1.165) is 30.3 Å². The van der Waals surface area contributed by atoms with Crippen molar-refractivity contribution in [2.45, 2.75) is 25.7 Å². The second kappa shape index (κ2) is 10.4. The van der Waals surface area contributed by atoms with Gasteiger partial charge < -0.3 is 19.4 Å². The number of ether oxygens (including phenoxy) is 1. The topological polar surface area (TPSA) is 84.7 Å². The minimum Gasteiger partial charge on any atom is -0.436 e. The van der Waals surface area contributed by atoms with Crippen LogP contribution < -0.4 is 5.32 Å². The fraction of sp³-hybridized carbons (Fsp3) is 0.400. The zero-order chi connectivity index (χ0) is 22.3. The summed E-state index contributed by atoms with van der Waals surface area (Å²) in [7, 11) is 1.66. The highest BCUT2D eigenvalue weighted by atomic mass is 16.5. The van der Waals surface area contributed by atoms with E-state index in [4.69, 9.17) is 9.15 Å². The van der Waals surface area contributed by atoms with Gasteiger partial charge in [0.2, 0.25) is 11.8 Å². The predicted octanol–water partition coefficient (Wildman–Crippen LogP) is 3.89. The molecule has 2 aromatic carbocycles. The molecule has 0 unspecified atom stereocenters. The number of methoxy groups -OCH3 is 1. The lowest BCUT2D eigenvalue weighted by Crippen LogP contribution is -2.39. The summed E-state index contributed by atoms with van der Waals surface area (Å²) in [4.78, 5) is 31.5. The molecular formula is C25H29N3O4. The molecule has 168 valence electrons. The monoisotopic (exact) mass is 435 g/mol. The predicted molar refractivity (Wildman–Crippen MR) is 122 cm³/mol. The second-order valence-electron chi connectivity index (χ2n) is 8.20. The second-order valence-corrected chi connectivity index (χ2v) is 8.20. The number of nitrogens with zero attached hydrogens (tertiary/aromatic N) is 2. The lowest BCUT2D eigenvalue weighted by Gasteiger charge is -2.31. The number of hydrogen-bond donors (Lipinski definition) is 1. The lowest BCUT2D eigenvalue weighted by molar-refractivity contribution is -0.122. The summed E-state index contributed by atoms with van der Waals surface area (Å²) < 4.78 is 10.9. The number of oxazole rings is 1. The van der Waals surface area contributed by atoms with E-state index < -0.39 is 0 Å². The molecule has 1 N–H and O–H groups in total. The Bertz CT molecular complexity index is 1060. The first kappa shape index (κ1) is 22.0. The third kappa shape index (κ3) is 5.34. The first-order valence-corrected chi connectivity index (χ1v) is 11.1. The van der Waals surface area contributed by atoms with E-state index in [2.05, 4.69) is 10.3 Å². The van der Waals surface area contributed by atoms with Gasteiger partial charge in [0.15, 0.2) is 5.58 Å². The molecule has 2 amide bonds. The van der Waals surface area contributed by atoms with Gasteiger partial charge in [-0.2, -0.15) is 0 Å². The fourth-order valence-corrected chi connectivity index (χ4v) is 4.06. The zero-order valence-corrected chi connectivity index (χ0v) is 18.4. The van der Waals surface area contributed by atoms with Crippen LogP contribution in [0.5, 0.6) is 0 Å². The van der Waals surface area contributed by atoms with Crippen LogP contribution in [0, 0.1) is 5.92 Å². The van der Waals surface area contributed by atoms with Crippen LogP contribution in [-0.2, 0) is 9.53 Å². The molecule has 0 bridgehead atoms. The van der Waals surface area contributed by atoms with Gasteiger partial charge in [0, 0.05) is 50.9 Å². The van der Waals surface area contributed by atoms with Crippen molar-refractivity contribution in [3.05, 3.63) is 54.1 Å². The number of carbonyl (C=O) groups is 2. The average Bonchev–Trinajstić information content (AvgIpc) is 3.26. The Hall–Kier alpha value is -3.19. The summed E-state index contributed by atoms with van der Waals surface area (Å²) in [6, 6.07) is 15.1. The Balaban J connectivity index is 1.32. The van der Waals surface area contributed by atoms with Crippen molar-refractivity contribution in [1.82, 2.24) is 15.2 Å². The molecule has 0 saturated carbocycles. The molecule has 1 aromatic heterocycles. The van der Waals surface area contributed by atoms with Gasteiger partial charge in [-0.1, -0.05) is 18.2 Å². The normalized spacial score (nSPS) is 14.6. The number of benzene rings is 2. The number of rotatable bonds is 8. The molecule has 4 rings (SSSR count). The number of fused-ring (bicyclic) bond motifs is 1. The van der Waals surface area contributed by atoms with Crippen LogP contribution in [0.4, 0.5) is 0 Å². The van der Waals surface area contributed by atoms with Gasteiger partial charge in [0.25, 0.3) is 5.91 Å². The summed E-state index contributed by atoms with van der Waals surface area (Å²) in [5.74, 6) is 0.932. The van der Waals surface area contributed by atoms with E-state index in [1.807, 2.05) is 47.4 Å². The summed E-state index contributed by atoms with van der Waals surface area (Å²) >= 11 is 0. The van der Waals surface area contributed by atoms with Crippen LogP contribution >= 0.6 is 0 Å². The molecule has 0 aliphatic carbocycles. The van der Waals surface area contributed by atoms with Gasteiger partial charge >= 0.3 is 0 Å². The highest BCUT2D eigenvalue weighted by molar-refractivity contribution is 5.97. The third-order valence-corrected chi connectivity index (χ3v) is 5.88. The van der Waals surface area contributed by atoms with Crippen molar-refractivity contribution in [1.29, 1.82) is 0 Å². The number of amides is 2. The summed E-state index contributed by atoms with van der Waals surface area (Å²) in [6.45, 7) is 2.60. The highest BCUT2D eigenvalue weighted by Crippen LogP contribution is 2.26. The number of carbonyl (C=O) groups excluding carboxylic acids is 2. The van der Waals surface area contributed by atoms with E-state index in [0.29, 0.717) is 55.6 Å². The van der Waals surface area contributed by atoms with E-state index >= 15 is 0 Å². The Kier molecular flexibility index (Phi) is 7.17. The molecule has 3 aromatic rings. The smallest absolute Gasteiger partial charge is 0.253 e. The van der Waals surface area contributed by atoms with Crippen molar-refractivity contribution in [2.24, 2.45) is 5.92 Å². The molecule has 7 nitrogen and oxygen atoms in total. The molecule has 1 fully saturated rings. The Morgan fingerprint density at radius 3 is 2.69 bits per heavy atom. The summed E-state index contributed by atoms with van der Waals surface area (Å²) in [5, 5.41) is 2.94. The van der Waals surface area contributed by atoms with Crippen molar-refractivity contribution in [2.75, 3.05) is 33.4 Å². The molecule has 32 heavy (non-hydrogen) atoms. The maximum atomic E-state index is 13.0. The molecule has 1 saturated heterocycles. The van der Waals surface area contributed by atoms with Crippen LogP contribution in [-0.4, -0.2) is 55.0 Å². The molecule has 0 radical (unpaired) electrons. The standard InChI is InChI=1S/C25H29N3O4/c1-31-15-5-12-26-23(29)16-18-10-13-28(14-11-18)25(30)20-8-9-21-22(17-20)32-24(27-21)19-6-3-2-4-7-19/h2-4,6-9,17-18H,5,10-16H2,1H3,(H,26,29). The van der Waals surface area contributed by atoms with Crippen molar-refractivity contribution >= 4 is 22.9 Å². The van der Waals surface area contributed by atoms with Gasteiger partial charge in [-0.3, -0.25) is 9.59 Å². The largest absolute Gasteiger partial charge is 0.436 e. The van der Waals surface area contributed by atoms with Crippen molar-refractivity contribution in [3.8, 4) is 11.5 Å². The molecule has 0 spiro atoms. The molecular weight excluding hydrogens is 406 g/mol. The van der Waals surface area contributed by atoms with E-state index in [1.54, 1.807) is 13.2 Å². The van der Waals surface area contributed by atoms with Crippen LogP contribution in [0.25, 0.3) is 22.6 Å². The molecule has 0 atom stereocenters. The van der Waals surface area contributed by atoms with Gasteiger partial charge in [-0.05, 0) is 55.5 Å².